The molecule has 3 heteroatoms. The highest BCUT2D eigenvalue weighted by Gasteiger charge is 2.37. The lowest BCUT2D eigenvalue weighted by molar-refractivity contribution is 0.227. The molecule has 5 rings (SSSR count). The van der Waals surface area contributed by atoms with E-state index in [9.17, 15) is 0 Å². The second-order valence-corrected chi connectivity index (χ2v) is 10.2. The summed E-state index contributed by atoms with van der Waals surface area (Å²) in [4.78, 5) is 5.43. The minimum atomic E-state index is 0.677. The van der Waals surface area contributed by atoms with Crippen molar-refractivity contribution in [3.63, 3.8) is 0 Å². The van der Waals surface area contributed by atoms with E-state index in [0.717, 1.165) is 0 Å². The Bertz CT molecular complexity index is 823. The molecule has 1 N–H and O–H groups in total. The number of rotatable bonds is 4. The zero-order valence-electron chi connectivity index (χ0n) is 16.9. The maximum absolute atomic E-state index is 3.63. The van der Waals surface area contributed by atoms with Crippen molar-refractivity contribution in [3.8, 4) is 0 Å². The average Bonchev–Trinajstić information content (AvgIpc) is 2.97. The number of nitrogens with one attached hydrogen (secondary N) is 1. The summed E-state index contributed by atoms with van der Waals surface area (Å²) in [5, 5.41) is 3.63. The van der Waals surface area contributed by atoms with Gasteiger partial charge in [0.25, 0.3) is 0 Å². The first-order chi connectivity index (χ1) is 13.8. The van der Waals surface area contributed by atoms with E-state index in [-0.39, 0.29) is 0 Å². The van der Waals surface area contributed by atoms with Crippen LogP contribution in [0, 0.1) is 5.41 Å². The highest BCUT2D eigenvalue weighted by Crippen LogP contribution is 2.44. The zero-order chi connectivity index (χ0) is 18.8. The van der Waals surface area contributed by atoms with Crippen LogP contribution in [-0.4, -0.2) is 24.5 Å². The standard InChI is InChI=1S/C25H32N2S/c1-2-6-14-25(13-5-1)15-17-27(19-25)16-7-8-20-11-12-24-22(18-20)26-21-9-3-4-10-23(21)28-24/h3-4,9-12,18,26H,1-2,5-8,13-17,19H2. The topological polar surface area (TPSA) is 15.3 Å². The Balaban J connectivity index is 1.15. The molecule has 0 aromatic heterocycles. The quantitative estimate of drug-likeness (QED) is 0.521. The van der Waals surface area contributed by atoms with E-state index in [1.54, 1.807) is 0 Å². The SMILES string of the molecule is c1ccc2c(c1)Nc1cc(CCCN3CCC4(CCCCCC4)C3)ccc1S2. The van der Waals surface area contributed by atoms with Crippen molar-refractivity contribution in [2.24, 2.45) is 5.41 Å². The third-order valence-electron chi connectivity index (χ3n) is 7.04. The number of benzene rings is 2. The number of hydrogen-bond acceptors (Lipinski definition) is 3. The molecular formula is C25H32N2S. The van der Waals surface area contributed by atoms with Gasteiger partial charge in [0.1, 0.15) is 0 Å². The monoisotopic (exact) mass is 392 g/mol. The van der Waals surface area contributed by atoms with Crippen LogP contribution in [0.3, 0.4) is 0 Å². The summed E-state index contributed by atoms with van der Waals surface area (Å²) in [5.74, 6) is 0. The first-order valence-electron chi connectivity index (χ1n) is 11.2. The molecule has 0 bridgehead atoms. The molecule has 0 unspecified atom stereocenters. The lowest BCUT2D eigenvalue weighted by atomic mass is 9.80. The van der Waals surface area contributed by atoms with Gasteiger partial charge in [0.05, 0.1) is 11.4 Å². The van der Waals surface area contributed by atoms with Crippen molar-refractivity contribution in [2.75, 3.05) is 25.0 Å². The van der Waals surface area contributed by atoms with Crippen LogP contribution >= 0.6 is 11.8 Å². The molecule has 2 fully saturated rings. The summed E-state index contributed by atoms with van der Waals surface area (Å²) in [6, 6.07) is 15.6. The molecule has 2 aromatic rings. The molecule has 148 valence electrons. The third-order valence-corrected chi connectivity index (χ3v) is 8.19. The molecule has 2 heterocycles. The van der Waals surface area contributed by atoms with E-state index in [4.69, 9.17) is 0 Å². The highest BCUT2D eigenvalue weighted by atomic mass is 32.2. The Morgan fingerprint density at radius 3 is 2.61 bits per heavy atom. The van der Waals surface area contributed by atoms with Gasteiger partial charge in [-0.3, -0.25) is 0 Å². The van der Waals surface area contributed by atoms with Crippen molar-refractivity contribution in [3.05, 3.63) is 48.0 Å². The fourth-order valence-corrected chi connectivity index (χ4v) is 6.42. The summed E-state index contributed by atoms with van der Waals surface area (Å²) in [5.41, 5.74) is 4.66. The van der Waals surface area contributed by atoms with Crippen LogP contribution in [0.1, 0.15) is 56.9 Å². The molecule has 0 atom stereocenters. The van der Waals surface area contributed by atoms with E-state index in [1.165, 1.54) is 104 Å². The number of hydrogen-bond donors (Lipinski definition) is 1. The summed E-state index contributed by atoms with van der Waals surface area (Å²) in [6.07, 6.45) is 12.8. The van der Waals surface area contributed by atoms with Crippen LogP contribution in [0.5, 0.6) is 0 Å². The second kappa shape index (κ2) is 8.12. The van der Waals surface area contributed by atoms with E-state index in [2.05, 4.69) is 52.7 Å². The Kier molecular flexibility index (Phi) is 5.38. The molecule has 28 heavy (non-hydrogen) atoms. The van der Waals surface area contributed by atoms with E-state index >= 15 is 0 Å². The van der Waals surface area contributed by atoms with Crippen LogP contribution in [0.15, 0.2) is 52.3 Å². The maximum atomic E-state index is 3.63. The molecule has 0 amide bonds. The average molecular weight is 393 g/mol. The number of nitrogens with zero attached hydrogens (tertiary/aromatic N) is 1. The van der Waals surface area contributed by atoms with Gasteiger partial charge in [0.2, 0.25) is 0 Å². The molecule has 1 spiro atoms. The van der Waals surface area contributed by atoms with Crippen LogP contribution in [0.2, 0.25) is 0 Å². The Morgan fingerprint density at radius 1 is 0.893 bits per heavy atom. The molecule has 0 radical (unpaired) electrons. The van der Waals surface area contributed by atoms with Crippen molar-refractivity contribution in [1.29, 1.82) is 0 Å². The number of fused-ring (bicyclic) bond motifs is 2. The Morgan fingerprint density at radius 2 is 1.71 bits per heavy atom. The van der Waals surface area contributed by atoms with Gasteiger partial charge in [-0.2, -0.15) is 0 Å². The van der Waals surface area contributed by atoms with Gasteiger partial charge in [-0.05, 0) is 80.4 Å². The van der Waals surface area contributed by atoms with Crippen molar-refractivity contribution in [1.82, 2.24) is 4.90 Å². The minimum absolute atomic E-state index is 0.677. The van der Waals surface area contributed by atoms with E-state index in [1.807, 2.05) is 11.8 Å². The molecular weight excluding hydrogens is 360 g/mol. The molecule has 3 aliphatic rings. The lowest BCUT2D eigenvalue weighted by Gasteiger charge is -2.28. The van der Waals surface area contributed by atoms with Gasteiger partial charge in [-0.25, -0.2) is 0 Å². The Labute approximate surface area is 174 Å². The normalized spacial score (nSPS) is 21.0. The predicted octanol–water partition coefficient (Wildman–Crippen LogP) is 6.87. The number of aryl methyl sites for hydroxylation is 1. The van der Waals surface area contributed by atoms with Gasteiger partial charge < -0.3 is 10.2 Å². The van der Waals surface area contributed by atoms with Crippen molar-refractivity contribution < 1.29 is 0 Å². The fourth-order valence-electron chi connectivity index (χ4n) is 5.45. The first-order valence-corrected chi connectivity index (χ1v) is 12.0. The zero-order valence-corrected chi connectivity index (χ0v) is 17.7. The summed E-state index contributed by atoms with van der Waals surface area (Å²) >= 11 is 1.88. The van der Waals surface area contributed by atoms with Crippen molar-refractivity contribution in [2.45, 2.75) is 67.6 Å². The van der Waals surface area contributed by atoms with E-state index in [0.29, 0.717) is 5.41 Å². The van der Waals surface area contributed by atoms with Gasteiger partial charge in [0.15, 0.2) is 0 Å². The van der Waals surface area contributed by atoms with Gasteiger partial charge >= 0.3 is 0 Å². The van der Waals surface area contributed by atoms with Crippen LogP contribution in [0.4, 0.5) is 11.4 Å². The first kappa shape index (κ1) is 18.6. The molecule has 1 aliphatic carbocycles. The predicted molar refractivity (Wildman–Crippen MR) is 120 cm³/mol. The number of likely N-dealkylation sites (tertiary alicyclic amines) is 1. The minimum Gasteiger partial charge on any atom is -0.354 e. The molecule has 2 aromatic carbocycles. The fraction of sp³-hybridized carbons (Fsp3) is 0.520. The summed E-state index contributed by atoms with van der Waals surface area (Å²) < 4.78 is 0. The maximum Gasteiger partial charge on any atom is 0.0529 e. The lowest BCUT2D eigenvalue weighted by Crippen LogP contribution is -2.28. The molecule has 2 nitrogen and oxygen atoms in total. The van der Waals surface area contributed by atoms with Crippen LogP contribution in [-0.2, 0) is 6.42 Å². The summed E-state index contributed by atoms with van der Waals surface area (Å²) in [7, 11) is 0. The van der Waals surface area contributed by atoms with Gasteiger partial charge in [0, 0.05) is 16.3 Å². The molecule has 2 aliphatic heterocycles. The number of para-hydroxylation sites is 1. The Hall–Kier alpha value is -1.45. The molecule has 1 saturated heterocycles. The van der Waals surface area contributed by atoms with Crippen LogP contribution < -0.4 is 5.32 Å². The second-order valence-electron chi connectivity index (χ2n) is 9.10. The largest absolute Gasteiger partial charge is 0.354 e. The van der Waals surface area contributed by atoms with Gasteiger partial charge in [-0.1, -0.05) is 55.6 Å². The third kappa shape index (κ3) is 3.97. The van der Waals surface area contributed by atoms with E-state index < -0.39 is 0 Å². The highest BCUT2D eigenvalue weighted by molar-refractivity contribution is 7.99. The van der Waals surface area contributed by atoms with Gasteiger partial charge in [-0.15, -0.1) is 0 Å². The smallest absolute Gasteiger partial charge is 0.0529 e. The number of anilines is 2. The molecule has 1 saturated carbocycles. The summed E-state index contributed by atoms with van der Waals surface area (Å²) in [6.45, 7) is 3.97. The van der Waals surface area contributed by atoms with Crippen molar-refractivity contribution >= 4 is 23.1 Å². The van der Waals surface area contributed by atoms with Crippen LogP contribution in [0.25, 0.3) is 0 Å².